The van der Waals surface area contributed by atoms with E-state index in [1.54, 1.807) is 0 Å². The first-order chi connectivity index (χ1) is 6.62. The highest BCUT2D eigenvalue weighted by Crippen LogP contribution is 2.48. The van der Waals surface area contributed by atoms with Crippen molar-refractivity contribution in [3.63, 3.8) is 0 Å². The quantitative estimate of drug-likeness (QED) is 0.753. The van der Waals surface area contributed by atoms with E-state index in [9.17, 15) is 18.3 Å². The molecule has 0 amide bonds. The summed E-state index contributed by atoms with van der Waals surface area (Å²) in [7, 11) is 0. The molecule has 4 heteroatoms. The molecule has 92 valence electrons. The summed E-state index contributed by atoms with van der Waals surface area (Å²) in [5.74, 6) is 0. The summed E-state index contributed by atoms with van der Waals surface area (Å²) in [6.07, 6.45) is -2.94. The summed E-state index contributed by atoms with van der Waals surface area (Å²) < 4.78 is 38.3. The van der Waals surface area contributed by atoms with Crippen molar-refractivity contribution in [1.82, 2.24) is 0 Å². The number of hydrogen-bond donors (Lipinski definition) is 1. The van der Waals surface area contributed by atoms with Crippen molar-refractivity contribution in [1.29, 1.82) is 0 Å². The Hall–Kier alpha value is -0.250. The maximum absolute atomic E-state index is 12.8. The second-order valence-corrected chi connectivity index (χ2v) is 4.70. The van der Waals surface area contributed by atoms with Crippen LogP contribution in [0.5, 0.6) is 0 Å². The second kappa shape index (κ2) is 4.73. The molecule has 0 saturated carbocycles. The smallest absolute Gasteiger partial charge is 0.380 e. The molecule has 0 aromatic rings. The van der Waals surface area contributed by atoms with Gasteiger partial charge in [-0.2, -0.15) is 13.2 Å². The van der Waals surface area contributed by atoms with Crippen molar-refractivity contribution in [3.8, 4) is 0 Å². The van der Waals surface area contributed by atoms with Crippen LogP contribution < -0.4 is 0 Å². The number of aliphatic hydroxyl groups is 1. The molecular weight excluding hydrogens is 205 g/mol. The summed E-state index contributed by atoms with van der Waals surface area (Å²) in [5, 5.41) is 9.79. The van der Waals surface area contributed by atoms with Gasteiger partial charge in [-0.05, 0) is 12.8 Å². The number of rotatable bonds is 5. The maximum atomic E-state index is 12.8. The van der Waals surface area contributed by atoms with E-state index in [-0.39, 0.29) is 6.42 Å². The molecule has 0 aromatic heterocycles. The Morgan fingerprint density at radius 3 is 1.80 bits per heavy atom. The zero-order valence-corrected chi connectivity index (χ0v) is 9.91. The lowest BCUT2D eigenvalue weighted by Gasteiger charge is -2.43. The normalized spacial score (nSPS) is 17.6. The van der Waals surface area contributed by atoms with Gasteiger partial charge < -0.3 is 5.11 Å². The van der Waals surface area contributed by atoms with Crippen LogP contribution >= 0.6 is 0 Å². The monoisotopic (exact) mass is 226 g/mol. The summed E-state index contributed by atoms with van der Waals surface area (Å²) >= 11 is 0. The molecular formula is C11H21F3O. The minimum absolute atomic E-state index is 0.298. The lowest BCUT2D eigenvalue weighted by atomic mass is 9.69. The van der Waals surface area contributed by atoms with Gasteiger partial charge in [-0.3, -0.25) is 0 Å². The van der Waals surface area contributed by atoms with Crippen LogP contribution in [0.2, 0.25) is 0 Å². The minimum Gasteiger partial charge on any atom is -0.380 e. The molecule has 1 atom stereocenters. The average molecular weight is 226 g/mol. The molecule has 0 aliphatic carbocycles. The lowest BCUT2D eigenvalue weighted by Crippen LogP contribution is -2.55. The van der Waals surface area contributed by atoms with E-state index in [0.717, 1.165) is 6.42 Å². The highest BCUT2D eigenvalue weighted by molar-refractivity contribution is 4.97. The summed E-state index contributed by atoms with van der Waals surface area (Å²) in [5.41, 5.74) is -3.70. The van der Waals surface area contributed by atoms with Crippen molar-refractivity contribution in [2.24, 2.45) is 5.41 Å². The van der Waals surface area contributed by atoms with Gasteiger partial charge >= 0.3 is 6.18 Å². The van der Waals surface area contributed by atoms with Crippen LogP contribution in [-0.2, 0) is 0 Å². The van der Waals surface area contributed by atoms with Crippen LogP contribution in [-0.4, -0.2) is 16.9 Å². The Bertz CT molecular complexity index is 198. The molecule has 0 heterocycles. The lowest BCUT2D eigenvalue weighted by molar-refractivity contribution is -0.299. The molecule has 15 heavy (non-hydrogen) atoms. The molecule has 0 bridgehead atoms. The number of hydrogen-bond acceptors (Lipinski definition) is 1. The van der Waals surface area contributed by atoms with Gasteiger partial charge in [0.2, 0.25) is 0 Å². The van der Waals surface area contributed by atoms with Crippen molar-refractivity contribution in [2.75, 3.05) is 0 Å². The fourth-order valence-electron chi connectivity index (χ4n) is 1.89. The zero-order chi connectivity index (χ0) is 12.3. The Morgan fingerprint density at radius 1 is 1.07 bits per heavy atom. The van der Waals surface area contributed by atoms with Crippen LogP contribution in [0.4, 0.5) is 13.2 Å². The maximum Gasteiger partial charge on any atom is 0.417 e. The first-order valence-corrected chi connectivity index (χ1v) is 5.41. The molecule has 0 radical (unpaired) electrons. The molecule has 1 unspecified atom stereocenters. The molecule has 1 nitrogen and oxygen atoms in total. The first kappa shape index (κ1) is 14.8. The summed E-state index contributed by atoms with van der Waals surface area (Å²) in [4.78, 5) is 0. The molecule has 1 N–H and O–H groups in total. The highest BCUT2D eigenvalue weighted by atomic mass is 19.4. The minimum atomic E-state index is -4.56. The summed E-state index contributed by atoms with van der Waals surface area (Å²) in [6.45, 7) is 6.27. The van der Waals surface area contributed by atoms with E-state index in [2.05, 4.69) is 0 Å². The SMILES string of the molecule is CCCCC(C)(C)C(O)(CC)C(F)(F)F. The average Bonchev–Trinajstić information content (AvgIpc) is 2.11. The van der Waals surface area contributed by atoms with Gasteiger partial charge in [0.25, 0.3) is 0 Å². The fraction of sp³-hybridized carbons (Fsp3) is 1.00. The van der Waals surface area contributed by atoms with Gasteiger partial charge in [0.05, 0.1) is 0 Å². The van der Waals surface area contributed by atoms with Crippen molar-refractivity contribution in [2.45, 2.75) is 65.2 Å². The fourth-order valence-corrected chi connectivity index (χ4v) is 1.89. The van der Waals surface area contributed by atoms with Gasteiger partial charge in [-0.1, -0.05) is 40.5 Å². The first-order valence-electron chi connectivity index (χ1n) is 5.41. The molecule has 0 aromatic carbocycles. The summed E-state index contributed by atoms with van der Waals surface area (Å²) in [6, 6.07) is 0. The van der Waals surface area contributed by atoms with Crippen LogP contribution in [0, 0.1) is 5.41 Å². The van der Waals surface area contributed by atoms with Crippen LogP contribution in [0.3, 0.4) is 0 Å². The van der Waals surface area contributed by atoms with Crippen molar-refractivity contribution in [3.05, 3.63) is 0 Å². The van der Waals surface area contributed by atoms with Crippen LogP contribution in [0.15, 0.2) is 0 Å². The third-order valence-electron chi connectivity index (χ3n) is 3.26. The number of halogens is 3. The van der Waals surface area contributed by atoms with Gasteiger partial charge in [0, 0.05) is 5.41 Å². The molecule has 0 saturated heterocycles. The van der Waals surface area contributed by atoms with Gasteiger partial charge in [-0.15, -0.1) is 0 Å². The molecule has 0 aliphatic rings. The Balaban J connectivity index is 4.93. The van der Waals surface area contributed by atoms with Gasteiger partial charge in [0.15, 0.2) is 5.60 Å². The zero-order valence-electron chi connectivity index (χ0n) is 9.91. The van der Waals surface area contributed by atoms with E-state index in [1.807, 2.05) is 6.92 Å². The highest BCUT2D eigenvalue weighted by Gasteiger charge is 2.60. The van der Waals surface area contributed by atoms with Crippen LogP contribution in [0.1, 0.15) is 53.4 Å². The largest absolute Gasteiger partial charge is 0.417 e. The molecule has 0 fully saturated rings. The second-order valence-electron chi connectivity index (χ2n) is 4.70. The van der Waals surface area contributed by atoms with Gasteiger partial charge in [-0.25, -0.2) is 0 Å². The van der Waals surface area contributed by atoms with E-state index in [4.69, 9.17) is 0 Å². The van der Waals surface area contributed by atoms with E-state index < -0.39 is 17.2 Å². The Kier molecular flexibility index (Phi) is 4.65. The molecule has 0 aliphatic heterocycles. The van der Waals surface area contributed by atoms with Crippen LogP contribution in [0.25, 0.3) is 0 Å². The predicted molar refractivity (Wildman–Crippen MR) is 54.6 cm³/mol. The third-order valence-corrected chi connectivity index (χ3v) is 3.26. The van der Waals surface area contributed by atoms with Gasteiger partial charge in [0.1, 0.15) is 0 Å². The number of unbranched alkanes of at least 4 members (excludes halogenated alkanes) is 1. The van der Waals surface area contributed by atoms with E-state index >= 15 is 0 Å². The number of alkyl halides is 3. The Labute approximate surface area is 89.7 Å². The van der Waals surface area contributed by atoms with E-state index in [1.165, 1.54) is 20.8 Å². The Morgan fingerprint density at radius 2 is 1.53 bits per heavy atom. The van der Waals surface area contributed by atoms with Crippen molar-refractivity contribution >= 4 is 0 Å². The predicted octanol–water partition coefficient (Wildman–Crippen LogP) is 3.91. The molecule has 0 rings (SSSR count). The van der Waals surface area contributed by atoms with E-state index in [0.29, 0.717) is 12.8 Å². The topological polar surface area (TPSA) is 20.2 Å². The standard InChI is InChI=1S/C11H21F3O/c1-5-7-8-9(3,4)10(15,6-2)11(12,13)14/h15H,5-8H2,1-4H3. The third kappa shape index (κ3) is 2.86. The molecule has 0 spiro atoms. The van der Waals surface area contributed by atoms with Crippen molar-refractivity contribution < 1.29 is 18.3 Å².